The van der Waals surface area contributed by atoms with Crippen molar-refractivity contribution >= 4 is 23.5 Å². The molecule has 8 heteroatoms. The molecule has 0 amide bonds. The van der Waals surface area contributed by atoms with Crippen LogP contribution >= 0.6 is 11.6 Å². The number of rotatable bonds is 6. The lowest BCUT2D eigenvalue weighted by Gasteiger charge is -2.19. The fourth-order valence-electron chi connectivity index (χ4n) is 1.73. The molecule has 2 aromatic rings. The van der Waals surface area contributed by atoms with E-state index in [4.69, 9.17) is 22.2 Å². The fraction of sp³-hybridized carbons (Fsp3) is 0.308. The molecule has 0 aliphatic heterocycles. The summed E-state index contributed by atoms with van der Waals surface area (Å²) >= 11 is 6.06. The van der Waals surface area contributed by atoms with Gasteiger partial charge in [0, 0.05) is 13.1 Å². The average Bonchev–Trinajstić information content (AvgIpc) is 2.50. The Bertz CT molecular complexity index is 605. The lowest BCUT2D eigenvalue weighted by atomic mass is 10.3. The highest BCUT2D eigenvalue weighted by atomic mass is 35.5. The van der Waals surface area contributed by atoms with E-state index in [-0.39, 0.29) is 12.0 Å². The zero-order valence-electron chi connectivity index (χ0n) is 11.9. The maximum atomic E-state index is 6.06. The number of ether oxygens (including phenoxy) is 1. The van der Waals surface area contributed by atoms with Gasteiger partial charge in [-0.2, -0.15) is 15.0 Å². The predicted molar refractivity (Wildman–Crippen MR) is 82.7 cm³/mol. The number of nitrogens with one attached hydrogen (secondary N) is 1. The molecule has 0 bridgehead atoms. The van der Waals surface area contributed by atoms with E-state index in [0.29, 0.717) is 16.7 Å². The Kier molecular flexibility index (Phi) is 5.13. The summed E-state index contributed by atoms with van der Waals surface area (Å²) in [7, 11) is 0. The molecule has 2 rings (SSSR count). The number of nitrogen functional groups attached to an aromatic ring is 1. The van der Waals surface area contributed by atoms with Crippen LogP contribution in [0.15, 0.2) is 24.3 Å². The molecule has 0 aliphatic carbocycles. The molecule has 0 spiro atoms. The Balaban J connectivity index is 2.35. The van der Waals surface area contributed by atoms with Crippen molar-refractivity contribution in [1.82, 2.24) is 15.0 Å². The first kappa shape index (κ1) is 15.3. The first-order valence-electron chi connectivity index (χ1n) is 6.58. The summed E-state index contributed by atoms with van der Waals surface area (Å²) in [6.07, 6.45) is 0. The largest absolute Gasteiger partial charge is 0.423 e. The van der Waals surface area contributed by atoms with E-state index in [1.54, 1.807) is 12.1 Å². The van der Waals surface area contributed by atoms with Crippen LogP contribution in [-0.2, 0) is 0 Å². The number of aromatic nitrogens is 3. The maximum absolute atomic E-state index is 6.06. The van der Waals surface area contributed by atoms with Gasteiger partial charge in [-0.3, -0.25) is 5.43 Å². The second-order valence-electron chi connectivity index (χ2n) is 4.09. The van der Waals surface area contributed by atoms with Crippen LogP contribution in [0.2, 0.25) is 5.02 Å². The summed E-state index contributed by atoms with van der Waals surface area (Å²) in [4.78, 5) is 14.5. The van der Waals surface area contributed by atoms with Gasteiger partial charge in [0.2, 0.25) is 11.9 Å². The third kappa shape index (κ3) is 3.71. The number of nitrogens with two attached hydrogens (primary N) is 1. The summed E-state index contributed by atoms with van der Waals surface area (Å²) in [5.74, 6) is 6.58. The van der Waals surface area contributed by atoms with E-state index < -0.39 is 0 Å². The molecule has 21 heavy (non-hydrogen) atoms. The molecule has 7 nitrogen and oxygen atoms in total. The van der Waals surface area contributed by atoms with Crippen LogP contribution in [0.25, 0.3) is 0 Å². The van der Waals surface area contributed by atoms with Crippen LogP contribution in [0, 0.1) is 0 Å². The second kappa shape index (κ2) is 7.05. The summed E-state index contributed by atoms with van der Waals surface area (Å²) < 4.78 is 5.62. The van der Waals surface area contributed by atoms with Crippen molar-refractivity contribution in [3.05, 3.63) is 29.3 Å². The molecular weight excluding hydrogens is 292 g/mol. The Morgan fingerprint density at radius 2 is 1.90 bits per heavy atom. The first-order chi connectivity index (χ1) is 10.2. The summed E-state index contributed by atoms with van der Waals surface area (Å²) in [6.45, 7) is 5.54. The van der Waals surface area contributed by atoms with Gasteiger partial charge < -0.3 is 9.64 Å². The highest BCUT2D eigenvalue weighted by Crippen LogP contribution is 2.27. The van der Waals surface area contributed by atoms with E-state index in [2.05, 4.69) is 20.4 Å². The fourth-order valence-corrected chi connectivity index (χ4v) is 1.90. The van der Waals surface area contributed by atoms with Crippen LogP contribution in [0.3, 0.4) is 0 Å². The molecule has 0 atom stereocenters. The van der Waals surface area contributed by atoms with E-state index >= 15 is 0 Å². The minimum atomic E-state index is 0.132. The van der Waals surface area contributed by atoms with Crippen molar-refractivity contribution in [3.8, 4) is 11.8 Å². The quantitative estimate of drug-likeness (QED) is 0.625. The lowest BCUT2D eigenvalue weighted by molar-refractivity contribution is 0.440. The third-order valence-electron chi connectivity index (χ3n) is 2.82. The molecule has 1 aromatic heterocycles. The Morgan fingerprint density at radius 1 is 1.19 bits per heavy atom. The molecule has 0 aliphatic rings. The van der Waals surface area contributed by atoms with Crippen LogP contribution in [0.5, 0.6) is 11.8 Å². The van der Waals surface area contributed by atoms with Gasteiger partial charge in [-0.05, 0) is 26.0 Å². The number of hydrogen-bond acceptors (Lipinski definition) is 7. The number of halogens is 1. The van der Waals surface area contributed by atoms with Crippen molar-refractivity contribution in [2.45, 2.75) is 13.8 Å². The molecule has 1 aromatic carbocycles. The Hall–Kier alpha value is -2.12. The molecule has 0 fully saturated rings. The average molecular weight is 309 g/mol. The topological polar surface area (TPSA) is 89.2 Å². The van der Waals surface area contributed by atoms with Gasteiger partial charge in [-0.1, -0.05) is 23.7 Å². The number of anilines is 2. The minimum Gasteiger partial charge on any atom is -0.423 e. The van der Waals surface area contributed by atoms with Crippen LogP contribution in [0.4, 0.5) is 11.9 Å². The summed E-state index contributed by atoms with van der Waals surface area (Å²) in [5, 5.41) is 0.476. The van der Waals surface area contributed by atoms with Crippen LogP contribution in [-0.4, -0.2) is 28.0 Å². The highest BCUT2D eigenvalue weighted by Gasteiger charge is 2.13. The molecule has 0 saturated heterocycles. The van der Waals surface area contributed by atoms with Gasteiger partial charge in [-0.15, -0.1) is 0 Å². The second-order valence-corrected chi connectivity index (χ2v) is 4.50. The monoisotopic (exact) mass is 308 g/mol. The molecule has 0 unspecified atom stereocenters. The molecule has 1 heterocycles. The summed E-state index contributed by atoms with van der Waals surface area (Å²) in [5.41, 5.74) is 2.41. The van der Waals surface area contributed by atoms with Gasteiger partial charge in [0.25, 0.3) is 0 Å². The van der Waals surface area contributed by atoms with Gasteiger partial charge in [-0.25, -0.2) is 5.84 Å². The van der Waals surface area contributed by atoms with Gasteiger partial charge in [0.1, 0.15) is 5.75 Å². The molecule has 3 N–H and O–H groups in total. The third-order valence-corrected chi connectivity index (χ3v) is 3.13. The lowest BCUT2D eigenvalue weighted by Crippen LogP contribution is -2.25. The summed E-state index contributed by atoms with van der Waals surface area (Å²) in [6, 6.07) is 7.23. The minimum absolute atomic E-state index is 0.132. The molecule has 0 saturated carbocycles. The van der Waals surface area contributed by atoms with Gasteiger partial charge in [0.15, 0.2) is 0 Å². The number of hydrogen-bond donors (Lipinski definition) is 2. The molecular formula is C13H17ClN6O. The van der Waals surface area contributed by atoms with Gasteiger partial charge >= 0.3 is 6.01 Å². The number of para-hydroxylation sites is 1. The number of nitrogens with zero attached hydrogens (tertiary/aromatic N) is 4. The molecule has 112 valence electrons. The van der Waals surface area contributed by atoms with Crippen molar-refractivity contribution in [3.63, 3.8) is 0 Å². The zero-order chi connectivity index (χ0) is 15.2. The van der Waals surface area contributed by atoms with Crippen LogP contribution < -0.4 is 20.9 Å². The number of hydrazine groups is 1. The molecule has 0 radical (unpaired) electrons. The van der Waals surface area contributed by atoms with E-state index in [1.165, 1.54) is 0 Å². The van der Waals surface area contributed by atoms with Crippen molar-refractivity contribution in [2.24, 2.45) is 5.84 Å². The van der Waals surface area contributed by atoms with Crippen molar-refractivity contribution < 1.29 is 4.74 Å². The first-order valence-corrected chi connectivity index (χ1v) is 6.95. The standard InChI is InChI=1S/C13H17ClN6O/c1-3-20(4-2)12-16-11(19-15)17-13(18-12)21-10-8-6-5-7-9(10)14/h5-8H,3-4,15H2,1-2H3,(H,16,17,18,19). The van der Waals surface area contributed by atoms with Crippen molar-refractivity contribution in [2.75, 3.05) is 23.4 Å². The zero-order valence-corrected chi connectivity index (χ0v) is 12.6. The van der Waals surface area contributed by atoms with E-state index in [9.17, 15) is 0 Å². The van der Waals surface area contributed by atoms with Crippen LogP contribution in [0.1, 0.15) is 13.8 Å². The van der Waals surface area contributed by atoms with Gasteiger partial charge in [0.05, 0.1) is 5.02 Å². The smallest absolute Gasteiger partial charge is 0.328 e. The van der Waals surface area contributed by atoms with E-state index in [1.807, 2.05) is 30.9 Å². The normalized spacial score (nSPS) is 10.3. The highest BCUT2D eigenvalue weighted by molar-refractivity contribution is 6.32. The number of benzene rings is 1. The SMILES string of the molecule is CCN(CC)c1nc(NN)nc(Oc2ccccc2Cl)n1. The maximum Gasteiger partial charge on any atom is 0.328 e. The predicted octanol–water partition coefficient (Wildman–Crippen LogP) is 2.45. The Labute approximate surface area is 128 Å². The van der Waals surface area contributed by atoms with Crippen molar-refractivity contribution in [1.29, 1.82) is 0 Å². The Morgan fingerprint density at radius 3 is 2.52 bits per heavy atom. The van der Waals surface area contributed by atoms with E-state index in [0.717, 1.165) is 13.1 Å².